The Labute approximate surface area is 204 Å². The topological polar surface area (TPSA) is 90.7 Å². The van der Waals surface area contributed by atoms with E-state index < -0.39 is 50.9 Å². The van der Waals surface area contributed by atoms with Crippen molar-refractivity contribution in [2.75, 3.05) is 13.4 Å². The summed E-state index contributed by atoms with van der Waals surface area (Å²) in [4.78, 5) is 14.5. The van der Waals surface area contributed by atoms with Gasteiger partial charge in [-0.2, -0.15) is 18.3 Å². The summed E-state index contributed by atoms with van der Waals surface area (Å²) in [6.07, 6.45) is -4.45. The number of amides is 1. The van der Waals surface area contributed by atoms with Gasteiger partial charge in [-0.25, -0.2) is 17.5 Å². The smallest absolute Gasteiger partial charge is 0.425 e. The highest BCUT2D eigenvalue weighted by Gasteiger charge is 2.40. The Hall–Kier alpha value is -3.61. The highest BCUT2D eigenvalue weighted by molar-refractivity contribution is 7.90. The number of sulfone groups is 1. The number of methoxy groups -OCH3 is 1. The highest BCUT2D eigenvalue weighted by atomic mass is 32.2. The van der Waals surface area contributed by atoms with Crippen LogP contribution in [0.3, 0.4) is 0 Å². The van der Waals surface area contributed by atoms with Gasteiger partial charge >= 0.3 is 6.18 Å². The van der Waals surface area contributed by atoms with Gasteiger partial charge in [-0.1, -0.05) is 0 Å². The lowest BCUT2D eigenvalue weighted by Crippen LogP contribution is -2.33. The van der Waals surface area contributed by atoms with E-state index in [1.54, 1.807) is 6.20 Å². The molecule has 0 fully saturated rings. The maximum atomic E-state index is 13.5. The largest absolute Gasteiger partial charge is 0.494 e. The third-order valence-electron chi connectivity index (χ3n) is 5.62. The molecule has 0 bridgehead atoms. The molecule has 0 unspecified atom stereocenters. The molecule has 2 heterocycles. The Kier molecular flexibility index (Phi) is 6.45. The zero-order valence-corrected chi connectivity index (χ0v) is 20.2. The van der Waals surface area contributed by atoms with Crippen LogP contribution in [0.1, 0.15) is 28.5 Å². The summed E-state index contributed by atoms with van der Waals surface area (Å²) < 4.78 is 89.1. The summed E-state index contributed by atoms with van der Waals surface area (Å²) in [5.74, 6) is -2.06. The van der Waals surface area contributed by atoms with Crippen LogP contribution in [0, 0.1) is 5.82 Å². The number of rotatable bonds is 6. The third kappa shape index (κ3) is 4.87. The molecule has 0 aliphatic carbocycles. The molecule has 0 radical (unpaired) electrons. The van der Waals surface area contributed by atoms with Gasteiger partial charge in [0.25, 0.3) is 5.91 Å². The SMILES string of the molecule is COc1c(S(C)(=O)=O)ccc(O[C@@H](C)C(F)(F)F)c1C(=O)N1Cc2cn(-c3ccc(F)cc3)nc2C1. The van der Waals surface area contributed by atoms with Crippen LogP contribution in [0.4, 0.5) is 17.6 Å². The van der Waals surface area contributed by atoms with E-state index in [1.165, 1.54) is 33.8 Å². The molecule has 0 spiro atoms. The Morgan fingerprint density at radius 3 is 2.33 bits per heavy atom. The number of halogens is 4. The average Bonchev–Trinajstić information content (AvgIpc) is 3.37. The van der Waals surface area contributed by atoms with Crippen molar-refractivity contribution in [2.45, 2.75) is 37.2 Å². The Bertz CT molecular complexity index is 1400. The normalized spacial score (nSPS) is 14.5. The fourth-order valence-corrected chi connectivity index (χ4v) is 4.62. The maximum Gasteiger partial charge on any atom is 0.425 e. The molecule has 0 N–H and O–H groups in total. The molecule has 4 rings (SSSR count). The van der Waals surface area contributed by atoms with Crippen LogP contribution in [0.2, 0.25) is 0 Å². The predicted octanol–water partition coefficient (Wildman–Crippen LogP) is 3.91. The summed E-state index contributed by atoms with van der Waals surface area (Å²) >= 11 is 0. The molecule has 192 valence electrons. The predicted molar refractivity (Wildman–Crippen MR) is 119 cm³/mol. The lowest BCUT2D eigenvalue weighted by Gasteiger charge is -2.24. The zero-order valence-electron chi connectivity index (χ0n) is 19.3. The first-order valence-electron chi connectivity index (χ1n) is 10.6. The molecule has 0 saturated carbocycles. The van der Waals surface area contributed by atoms with Crippen molar-refractivity contribution in [1.29, 1.82) is 0 Å². The van der Waals surface area contributed by atoms with Crippen LogP contribution in [-0.4, -0.2) is 54.7 Å². The minimum atomic E-state index is -4.73. The number of hydrogen-bond donors (Lipinski definition) is 0. The van der Waals surface area contributed by atoms with Gasteiger partial charge in [0.05, 0.1) is 25.0 Å². The first kappa shape index (κ1) is 25.5. The molecule has 0 saturated heterocycles. The molecule has 1 aliphatic rings. The molecule has 36 heavy (non-hydrogen) atoms. The average molecular weight is 527 g/mol. The number of alkyl halides is 3. The van der Waals surface area contributed by atoms with Gasteiger partial charge < -0.3 is 14.4 Å². The van der Waals surface area contributed by atoms with E-state index in [-0.39, 0.29) is 18.0 Å². The molecule has 1 aliphatic heterocycles. The third-order valence-corrected chi connectivity index (χ3v) is 6.74. The van der Waals surface area contributed by atoms with Crippen molar-refractivity contribution >= 4 is 15.7 Å². The molecule has 1 aromatic heterocycles. The van der Waals surface area contributed by atoms with E-state index in [0.29, 0.717) is 16.9 Å². The monoisotopic (exact) mass is 527 g/mol. The molecule has 13 heteroatoms. The van der Waals surface area contributed by atoms with Gasteiger partial charge in [0.2, 0.25) is 0 Å². The maximum absolute atomic E-state index is 13.5. The molecule has 1 atom stereocenters. The van der Waals surface area contributed by atoms with Crippen molar-refractivity contribution < 1.29 is 40.2 Å². The van der Waals surface area contributed by atoms with Crippen LogP contribution >= 0.6 is 0 Å². The number of ether oxygens (including phenoxy) is 2. The Morgan fingerprint density at radius 1 is 1.11 bits per heavy atom. The highest BCUT2D eigenvalue weighted by Crippen LogP contribution is 2.39. The summed E-state index contributed by atoms with van der Waals surface area (Å²) in [5, 5.41) is 4.41. The number of aromatic nitrogens is 2. The minimum Gasteiger partial charge on any atom is -0.494 e. The lowest BCUT2D eigenvalue weighted by molar-refractivity contribution is -0.189. The van der Waals surface area contributed by atoms with Crippen LogP contribution in [0.15, 0.2) is 47.5 Å². The quantitative estimate of drug-likeness (QED) is 0.452. The number of benzene rings is 2. The second-order valence-electron chi connectivity index (χ2n) is 8.23. The van der Waals surface area contributed by atoms with Gasteiger partial charge in [0.15, 0.2) is 21.7 Å². The van der Waals surface area contributed by atoms with Crippen molar-refractivity contribution in [3.05, 3.63) is 65.2 Å². The van der Waals surface area contributed by atoms with Crippen molar-refractivity contribution in [3.8, 4) is 17.2 Å². The fourth-order valence-electron chi connectivity index (χ4n) is 3.78. The van der Waals surface area contributed by atoms with Crippen molar-refractivity contribution in [2.24, 2.45) is 0 Å². The second-order valence-corrected chi connectivity index (χ2v) is 10.2. The molecule has 8 nitrogen and oxygen atoms in total. The first-order valence-corrected chi connectivity index (χ1v) is 12.5. The summed E-state index contributed by atoms with van der Waals surface area (Å²) in [6.45, 7) is 0.827. The number of nitrogens with zero attached hydrogens (tertiary/aromatic N) is 3. The Morgan fingerprint density at radius 2 is 1.78 bits per heavy atom. The number of carbonyl (C=O) groups excluding carboxylic acids is 1. The minimum absolute atomic E-state index is 0.00286. The van der Waals surface area contributed by atoms with E-state index in [1.807, 2.05) is 0 Å². The van der Waals surface area contributed by atoms with Crippen LogP contribution < -0.4 is 9.47 Å². The fraction of sp³-hybridized carbons (Fsp3) is 0.304. The van der Waals surface area contributed by atoms with E-state index in [4.69, 9.17) is 9.47 Å². The molecular weight excluding hydrogens is 506 g/mol. The number of carbonyl (C=O) groups is 1. The van der Waals surface area contributed by atoms with Gasteiger partial charge in [0, 0.05) is 24.6 Å². The molecule has 3 aromatic rings. The van der Waals surface area contributed by atoms with Gasteiger partial charge in [-0.3, -0.25) is 4.79 Å². The number of fused-ring (bicyclic) bond motifs is 1. The van der Waals surface area contributed by atoms with E-state index >= 15 is 0 Å². The number of hydrogen-bond acceptors (Lipinski definition) is 6. The summed E-state index contributed by atoms with van der Waals surface area (Å²) in [6, 6.07) is 7.68. The second kappa shape index (κ2) is 9.12. The van der Waals surface area contributed by atoms with Crippen LogP contribution in [0.25, 0.3) is 5.69 Å². The van der Waals surface area contributed by atoms with Crippen LogP contribution in [-0.2, 0) is 22.9 Å². The van der Waals surface area contributed by atoms with Gasteiger partial charge in [0.1, 0.15) is 22.0 Å². The first-order chi connectivity index (χ1) is 16.8. The molecule has 1 amide bonds. The standard InChI is InChI=1S/C23H21F4N3O5S/c1-13(23(25,26)27)35-18-8-9-19(36(3,32)33)21(34-2)20(18)22(31)29-10-14-11-30(28-17(14)12-29)16-6-4-15(24)5-7-16/h4-9,11,13H,10,12H2,1-3H3/t13-/m0/s1. The summed E-state index contributed by atoms with van der Waals surface area (Å²) in [5.41, 5.74) is 1.35. The van der Waals surface area contributed by atoms with Gasteiger partial charge in [-0.05, 0) is 43.3 Å². The zero-order chi connectivity index (χ0) is 26.4. The molecule has 2 aromatic carbocycles. The van der Waals surface area contributed by atoms with Gasteiger partial charge in [-0.15, -0.1) is 0 Å². The Balaban J connectivity index is 1.69. The van der Waals surface area contributed by atoms with Crippen molar-refractivity contribution in [1.82, 2.24) is 14.7 Å². The summed E-state index contributed by atoms with van der Waals surface area (Å²) in [7, 11) is -2.78. The van der Waals surface area contributed by atoms with Crippen LogP contribution in [0.5, 0.6) is 11.5 Å². The molecular formula is C23H21F4N3O5S. The van der Waals surface area contributed by atoms with E-state index in [0.717, 1.165) is 32.4 Å². The van der Waals surface area contributed by atoms with Crippen molar-refractivity contribution in [3.63, 3.8) is 0 Å². The van der Waals surface area contributed by atoms with E-state index in [9.17, 15) is 30.8 Å². The lowest BCUT2D eigenvalue weighted by atomic mass is 10.1. The van der Waals surface area contributed by atoms with E-state index in [2.05, 4.69) is 5.10 Å².